The average molecular weight is 283 g/mol. The lowest BCUT2D eigenvalue weighted by atomic mass is 9.94. The minimum atomic E-state index is -0.923. The maximum absolute atomic E-state index is 12.0. The van der Waals surface area contributed by atoms with Crippen LogP contribution < -0.4 is 10.6 Å². The molecule has 0 aromatic rings. The standard InChI is InChI=1S/C13H21N3O4/c1-14-4-3-10(8-17)7-11(15-9-18)12(19)13(20)16-5-2-6-16/h8-11,14H,2-7H2,1H3,(H,15,18). The predicted octanol–water partition coefficient (Wildman–Crippen LogP) is -1.28. The summed E-state index contributed by atoms with van der Waals surface area (Å²) in [6.07, 6.45) is 2.76. The van der Waals surface area contributed by atoms with Gasteiger partial charge in [-0.1, -0.05) is 0 Å². The van der Waals surface area contributed by atoms with Crippen LogP contribution in [-0.2, 0) is 19.2 Å². The second kappa shape index (κ2) is 8.42. The number of likely N-dealkylation sites (tertiary alicyclic amines) is 1. The maximum atomic E-state index is 12.0. The monoisotopic (exact) mass is 283 g/mol. The van der Waals surface area contributed by atoms with Gasteiger partial charge in [0.25, 0.3) is 5.91 Å². The summed E-state index contributed by atoms with van der Waals surface area (Å²) in [5.41, 5.74) is 0. The van der Waals surface area contributed by atoms with Crippen LogP contribution in [0.15, 0.2) is 0 Å². The Labute approximate surface area is 118 Å². The van der Waals surface area contributed by atoms with E-state index in [1.54, 1.807) is 7.05 Å². The summed E-state index contributed by atoms with van der Waals surface area (Å²) >= 11 is 0. The second-order valence-electron chi connectivity index (χ2n) is 4.87. The summed E-state index contributed by atoms with van der Waals surface area (Å²) < 4.78 is 0. The van der Waals surface area contributed by atoms with Gasteiger partial charge in [0.1, 0.15) is 6.29 Å². The molecule has 0 saturated carbocycles. The first-order chi connectivity index (χ1) is 9.63. The topological polar surface area (TPSA) is 95.6 Å². The summed E-state index contributed by atoms with van der Waals surface area (Å²) in [5.74, 6) is -1.59. The van der Waals surface area contributed by atoms with E-state index in [0.717, 1.165) is 12.7 Å². The van der Waals surface area contributed by atoms with Crippen molar-refractivity contribution in [2.75, 3.05) is 26.7 Å². The van der Waals surface area contributed by atoms with Crippen molar-refractivity contribution in [2.45, 2.75) is 25.3 Å². The molecule has 1 fully saturated rings. The van der Waals surface area contributed by atoms with Gasteiger partial charge in [0.15, 0.2) is 0 Å². The van der Waals surface area contributed by atoms with E-state index in [2.05, 4.69) is 10.6 Å². The first-order valence-corrected chi connectivity index (χ1v) is 6.76. The number of hydrogen-bond donors (Lipinski definition) is 2. The smallest absolute Gasteiger partial charge is 0.292 e. The summed E-state index contributed by atoms with van der Waals surface area (Å²) in [6.45, 7) is 1.79. The lowest BCUT2D eigenvalue weighted by Crippen LogP contribution is -2.51. The fourth-order valence-corrected chi connectivity index (χ4v) is 2.03. The van der Waals surface area contributed by atoms with Crippen molar-refractivity contribution in [1.82, 2.24) is 15.5 Å². The summed E-state index contributed by atoms with van der Waals surface area (Å²) in [7, 11) is 1.77. The fourth-order valence-electron chi connectivity index (χ4n) is 2.03. The Morgan fingerprint density at radius 3 is 2.45 bits per heavy atom. The molecule has 1 heterocycles. The second-order valence-corrected chi connectivity index (χ2v) is 4.87. The highest BCUT2D eigenvalue weighted by molar-refractivity contribution is 6.38. The van der Waals surface area contributed by atoms with Crippen molar-refractivity contribution in [3.8, 4) is 0 Å². The zero-order valence-electron chi connectivity index (χ0n) is 11.6. The van der Waals surface area contributed by atoms with Crippen LogP contribution in [0.25, 0.3) is 0 Å². The van der Waals surface area contributed by atoms with E-state index in [4.69, 9.17) is 0 Å². The summed E-state index contributed by atoms with van der Waals surface area (Å²) in [5, 5.41) is 5.27. The molecular weight excluding hydrogens is 262 g/mol. The van der Waals surface area contributed by atoms with Crippen LogP contribution >= 0.6 is 0 Å². The predicted molar refractivity (Wildman–Crippen MR) is 71.9 cm³/mol. The number of nitrogens with zero attached hydrogens (tertiary/aromatic N) is 1. The highest BCUT2D eigenvalue weighted by atomic mass is 16.2. The number of Topliss-reactive ketones (excluding diaryl/α,β-unsaturated/α-hetero) is 1. The SMILES string of the molecule is CNCCC(C=O)CC(NC=O)C(=O)C(=O)N1CCC1. The highest BCUT2D eigenvalue weighted by Gasteiger charge is 2.32. The van der Waals surface area contributed by atoms with E-state index >= 15 is 0 Å². The Bertz CT molecular complexity index is 369. The minimum absolute atomic E-state index is 0.155. The number of amides is 2. The molecule has 0 aliphatic carbocycles. The molecule has 20 heavy (non-hydrogen) atoms. The number of carbonyl (C=O) groups excluding carboxylic acids is 4. The van der Waals surface area contributed by atoms with Gasteiger partial charge in [-0.15, -0.1) is 0 Å². The Kier molecular flexibility index (Phi) is 6.86. The van der Waals surface area contributed by atoms with Gasteiger partial charge >= 0.3 is 0 Å². The Hall–Kier alpha value is -1.76. The van der Waals surface area contributed by atoms with Gasteiger partial charge < -0.3 is 20.3 Å². The Balaban J connectivity index is 2.61. The number of carbonyl (C=O) groups is 4. The lowest BCUT2D eigenvalue weighted by Gasteiger charge is -2.31. The molecule has 1 saturated heterocycles. The van der Waals surface area contributed by atoms with Crippen molar-refractivity contribution >= 4 is 24.4 Å². The molecule has 0 aromatic carbocycles. The zero-order chi connectivity index (χ0) is 15.0. The molecule has 7 nitrogen and oxygen atoms in total. The molecule has 0 bridgehead atoms. The molecular formula is C13H21N3O4. The van der Waals surface area contributed by atoms with Gasteiger partial charge in [-0.3, -0.25) is 14.4 Å². The molecule has 1 aliphatic heterocycles. The minimum Gasteiger partial charge on any atom is -0.348 e. The first-order valence-electron chi connectivity index (χ1n) is 6.76. The van der Waals surface area contributed by atoms with Gasteiger partial charge in [0.05, 0.1) is 6.04 Å². The van der Waals surface area contributed by atoms with Crippen LogP contribution in [0.1, 0.15) is 19.3 Å². The number of aldehydes is 1. The van der Waals surface area contributed by atoms with Crippen molar-refractivity contribution in [3.63, 3.8) is 0 Å². The Morgan fingerprint density at radius 2 is 2.00 bits per heavy atom. The van der Waals surface area contributed by atoms with Crippen LogP contribution in [0.3, 0.4) is 0 Å². The molecule has 2 N–H and O–H groups in total. The average Bonchev–Trinajstić information content (AvgIpc) is 2.39. The van der Waals surface area contributed by atoms with E-state index in [-0.39, 0.29) is 12.3 Å². The fraction of sp³-hybridized carbons (Fsp3) is 0.692. The number of rotatable bonds is 10. The van der Waals surface area contributed by atoms with E-state index in [9.17, 15) is 19.2 Å². The normalized spacial score (nSPS) is 16.8. The molecule has 7 heteroatoms. The Morgan fingerprint density at radius 1 is 1.30 bits per heavy atom. The molecule has 2 amide bonds. The van der Waals surface area contributed by atoms with E-state index in [1.165, 1.54) is 4.90 Å². The van der Waals surface area contributed by atoms with Gasteiger partial charge in [0, 0.05) is 19.0 Å². The van der Waals surface area contributed by atoms with Crippen LogP contribution in [-0.4, -0.2) is 62.0 Å². The molecule has 2 unspecified atom stereocenters. The van der Waals surface area contributed by atoms with E-state index in [0.29, 0.717) is 32.5 Å². The van der Waals surface area contributed by atoms with Crippen molar-refractivity contribution in [2.24, 2.45) is 5.92 Å². The summed E-state index contributed by atoms with van der Waals surface area (Å²) in [4.78, 5) is 46.9. The number of nitrogens with one attached hydrogen (secondary N) is 2. The zero-order valence-corrected chi connectivity index (χ0v) is 11.6. The molecule has 0 aromatic heterocycles. The van der Waals surface area contributed by atoms with Crippen molar-refractivity contribution < 1.29 is 19.2 Å². The van der Waals surface area contributed by atoms with Crippen LogP contribution in [0.5, 0.6) is 0 Å². The van der Waals surface area contributed by atoms with Crippen LogP contribution in [0, 0.1) is 5.92 Å². The molecule has 2 atom stereocenters. The van der Waals surface area contributed by atoms with Gasteiger partial charge in [-0.05, 0) is 32.9 Å². The van der Waals surface area contributed by atoms with Gasteiger partial charge in [0.2, 0.25) is 12.2 Å². The molecule has 0 spiro atoms. The molecule has 1 rings (SSSR count). The van der Waals surface area contributed by atoms with E-state index < -0.39 is 17.7 Å². The van der Waals surface area contributed by atoms with Crippen molar-refractivity contribution in [1.29, 1.82) is 0 Å². The maximum Gasteiger partial charge on any atom is 0.292 e. The van der Waals surface area contributed by atoms with Crippen LogP contribution in [0.2, 0.25) is 0 Å². The van der Waals surface area contributed by atoms with Crippen molar-refractivity contribution in [3.05, 3.63) is 0 Å². The number of hydrogen-bond acceptors (Lipinski definition) is 5. The third-order valence-electron chi connectivity index (χ3n) is 3.44. The van der Waals surface area contributed by atoms with Gasteiger partial charge in [-0.25, -0.2) is 0 Å². The largest absolute Gasteiger partial charge is 0.348 e. The van der Waals surface area contributed by atoms with Gasteiger partial charge in [-0.2, -0.15) is 0 Å². The molecule has 0 radical (unpaired) electrons. The van der Waals surface area contributed by atoms with Crippen LogP contribution in [0.4, 0.5) is 0 Å². The first kappa shape index (κ1) is 16.3. The quantitative estimate of drug-likeness (QED) is 0.384. The van der Waals surface area contributed by atoms with E-state index in [1.807, 2.05) is 0 Å². The third-order valence-corrected chi connectivity index (χ3v) is 3.44. The molecule has 1 aliphatic rings. The highest BCUT2D eigenvalue weighted by Crippen LogP contribution is 2.12. The molecule has 112 valence electrons. The third kappa shape index (κ3) is 4.41. The summed E-state index contributed by atoms with van der Waals surface area (Å²) in [6, 6.07) is -0.923. The lowest BCUT2D eigenvalue weighted by molar-refractivity contribution is -0.148. The number of ketones is 1.